The third kappa shape index (κ3) is 4.64. The number of aromatic carboxylic acids is 1. The molecule has 0 aromatic heterocycles. The van der Waals surface area contributed by atoms with Crippen molar-refractivity contribution in [1.82, 2.24) is 4.90 Å². The number of carboxylic acids is 1. The first-order chi connectivity index (χ1) is 12.5. The van der Waals surface area contributed by atoms with E-state index in [1.54, 1.807) is 0 Å². The van der Waals surface area contributed by atoms with E-state index in [2.05, 4.69) is 16.3 Å². The van der Waals surface area contributed by atoms with Crippen LogP contribution in [0, 0.1) is 17.2 Å². The monoisotopic (exact) mass is 361 g/mol. The van der Waals surface area contributed by atoms with Crippen LogP contribution in [0.15, 0.2) is 12.1 Å². The van der Waals surface area contributed by atoms with Crippen LogP contribution in [0.2, 0.25) is 0 Å². The van der Waals surface area contributed by atoms with Gasteiger partial charge in [-0.05, 0) is 25.9 Å². The van der Waals surface area contributed by atoms with Gasteiger partial charge in [0.05, 0.1) is 31.5 Å². The molecule has 1 aromatic carbocycles. The van der Waals surface area contributed by atoms with Crippen molar-refractivity contribution >= 4 is 17.6 Å². The Morgan fingerprint density at radius 3 is 2.42 bits per heavy atom. The maximum atomic E-state index is 12.6. The first kappa shape index (κ1) is 19.5. The number of hydrogen-bond donors (Lipinski definition) is 2. The average molecular weight is 361 g/mol. The van der Waals surface area contributed by atoms with Crippen LogP contribution in [-0.4, -0.2) is 55.7 Å². The van der Waals surface area contributed by atoms with Crippen LogP contribution < -0.4 is 14.8 Å². The highest BCUT2D eigenvalue weighted by atomic mass is 16.5. The second-order valence-corrected chi connectivity index (χ2v) is 6.07. The Hall–Kier alpha value is -2.79. The molecule has 0 spiro atoms. The molecule has 1 aliphatic rings. The van der Waals surface area contributed by atoms with Gasteiger partial charge in [-0.15, -0.1) is 0 Å². The smallest absolute Gasteiger partial charge is 0.337 e. The van der Waals surface area contributed by atoms with Crippen molar-refractivity contribution in [3.63, 3.8) is 0 Å². The quantitative estimate of drug-likeness (QED) is 0.763. The summed E-state index contributed by atoms with van der Waals surface area (Å²) in [6.45, 7) is 2.21. The number of piperidine rings is 1. The van der Waals surface area contributed by atoms with Gasteiger partial charge in [-0.25, -0.2) is 4.79 Å². The summed E-state index contributed by atoms with van der Waals surface area (Å²) in [6.07, 6.45) is 1.82. The van der Waals surface area contributed by atoms with Crippen molar-refractivity contribution in [3.05, 3.63) is 17.7 Å². The lowest BCUT2D eigenvalue weighted by molar-refractivity contribution is -0.121. The van der Waals surface area contributed by atoms with Crippen LogP contribution in [0.25, 0.3) is 0 Å². The fourth-order valence-electron chi connectivity index (χ4n) is 3.02. The molecule has 0 radical (unpaired) electrons. The number of carboxylic acid groups (broad SMARTS) is 1. The Labute approximate surface area is 152 Å². The van der Waals surface area contributed by atoms with Gasteiger partial charge in [-0.2, -0.15) is 5.26 Å². The van der Waals surface area contributed by atoms with Crippen LogP contribution in [0.4, 0.5) is 5.69 Å². The minimum Gasteiger partial charge on any atom is -0.493 e. The molecule has 2 N–H and O–H groups in total. The Balaban J connectivity index is 2.09. The fraction of sp³-hybridized carbons (Fsp3) is 0.500. The minimum absolute atomic E-state index is 0.0533. The van der Waals surface area contributed by atoms with E-state index in [1.807, 2.05) is 0 Å². The summed E-state index contributed by atoms with van der Waals surface area (Å²) in [6, 6.07) is 4.92. The Bertz CT molecular complexity index is 706. The first-order valence-electron chi connectivity index (χ1n) is 8.39. The predicted octanol–water partition coefficient (Wildman–Crippen LogP) is 1.97. The maximum absolute atomic E-state index is 12.6. The van der Waals surface area contributed by atoms with E-state index in [9.17, 15) is 14.7 Å². The number of carbonyl (C=O) groups excluding carboxylic acids is 1. The van der Waals surface area contributed by atoms with E-state index in [4.69, 9.17) is 14.7 Å². The number of methoxy groups -OCH3 is 2. The molecule has 1 aromatic rings. The van der Waals surface area contributed by atoms with E-state index < -0.39 is 5.97 Å². The molecule has 1 aliphatic heterocycles. The molecular weight excluding hydrogens is 338 g/mol. The molecule has 8 heteroatoms. The summed E-state index contributed by atoms with van der Waals surface area (Å²) in [5.41, 5.74) is 0.134. The number of anilines is 1. The highest BCUT2D eigenvalue weighted by Gasteiger charge is 2.26. The summed E-state index contributed by atoms with van der Waals surface area (Å²) in [7, 11) is 2.86. The second-order valence-electron chi connectivity index (χ2n) is 6.07. The minimum atomic E-state index is -1.16. The van der Waals surface area contributed by atoms with Crippen molar-refractivity contribution in [2.24, 2.45) is 5.92 Å². The summed E-state index contributed by atoms with van der Waals surface area (Å²) in [5, 5.41) is 20.8. The molecule has 1 amide bonds. The van der Waals surface area contributed by atoms with Gasteiger partial charge in [0, 0.05) is 31.0 Å². The van der Waals surface area contributed by atoms with Gasteiger partial charge in [0.15, 0.2) is 11.5 Å². The summed E-state index contributed by atoms with van der Waals surface area (Å²) < 4.78 is 10.3. The molecule has 2 rings (SSSR count). The number of benzene rings is 1. The number of likely N-dealkylation sites (tertiary alicyclic amines) is 1. The zero-order valence-corrected chi connectivity index (χ0v) is 14.9. The van der Waals surface area contributed by atoms with E-state index in [1.165, 1.54) is 26.4 Å². The summed E-state index contributed by atoms with van der Waals surface area (Å²) >= 11 is 0. The molecule has 0 atom stereocenters. The Kier molecular flexibility index (Phi) is 6.81. The van der Waals surface area contributed by atoms with E-state index in [0.717, 1.165) is 13.1 Å². The molecule has 0 aliphatic carbocycles. The number of nitriles is 1. The van der Waals surface area contributed by atoms with Crippen molar-refractivity contribution < 1.29 is 24.2 Å². The standard InChI is InChI=1S/C18H23N3O5/c1-25-15-10-13(18(23)24)14(11-16(15)26-2)20-17(22)12-4-8-21(9-5-12)7-3-6-19/h10-12H,3-5,7-9H2,1-2H3,(H,20,22)(H,23,24). The highest BCUT2D eigenvalue weighted by Crippen LogP contribution is 2.34. The van der Waals surface area contributed by atoms with Crippen LogP contribution in [0.1, 0.15) is 29.6 Å². The highest BCUT2D eigenvalue weighted by molar-refractivity contribution is 6.02. The molecule has 0 unspecified atom stereocenters. The molecule has 8 nitrogen and oxygen atoms in total. The average Bonchev–Trinajstić information content (AvgIpc) is 2.66. The van der Waals surface area contributed by atoms with Gasteiger partial charge in [-0.1, -0.05) is 0 Å². The molecule has 1 heterocycles. The van der Waals surface area contributed by atoms with Crippen molar-refractivity contribution in [2.45, 2.75) is 19.3 Å². The molecular formula is C18H23N3O5. The van der Waals surface area contributed by atoms with Crippen molar-refractivity contribution in [2.75, 3.05) is 39.2 Å². The molecule has 0 bridgehead atoms. The van der Waals surface area contributed by atoms with Crippen molar-refractivity contribution in [3.8, 4) is 17.6 Å². The molecule has 140 valence electrons. The van der Waals surface area contributed by atoms with E-state index in [0.29, 0.717) is 31.6 Å². The number of ether oxygens (including phenoxy) is 2. The van der Waals surface area contributed by atoms with Gasteiger partial charge in [0.25, 0.3) is 0 Å². The Morgan fingerprint density at radius 2 is 1.88 bits per heavy atom. The molecule has 0 saturated carbocycles. The molecule has 1 saturated heterocycles. The van der Waals surface area contributed by atoms with Gasteiger partial charge >= 0.3 is 5.97 Å². The lowest BCUT2D eigenvalue weighted by atomic mass is 9.95. The topological polar surface area (TPSA) is 112 Å². The number of carbonyl (C=O) groups is 2. The fourth-order valence-corrected chi connectivity index (χ4v) is 3.02. The first-order valence-corrected chi connectivity index (χ1v) is 8.39. The largest absolute Gasteiger partial charge is 0.493 e. The summed E-state index contributed by atoms with van der Waals surface area (Å²) in [4.78, 5) is 26.2. The maximum Gasteiger partial charge on any atom is 0.337 e. The summed E-state index contributed by atoms with van der Waals surface area (Å²) in [5.74, 6) is -0.928. The number of amides is 1. The van der Waals surface area contributed by atoms with Crippen LogP contribution in [0.5, 0.6) is 11.5 Å². The number of nitrogens with zero attached hydrogens (tertiary/aromatic N) is 2. The van der Waals surface area contributed by atoms with E-state index >= 15 is 0 Å². The molecule has 26 heavy (non-hydrogen) atoms. The SMILES string of the molecule is COc1cc(NC(=O)C2CCN(CCC#N)CC2)c(C(=O)O)cc1OC. The van der Waals surface area contributed by atoms with Gasteiger partial charge in [-0.3, -0.25) is 4.79 Å². The second kappa shape index (κ2) is 9.06. The van der Waals surface area contributed by atoms with Crippen LogP contribution in [-0.2, 0) is 4.79 Å². The van der Waals surface area contributed by atoms with Crippen LogP contribution >= 0.6 is 0 Å². The normalized spacial score (nSPS) is 15.1. The predicted molar refractivity (Wildman–Crippen MR) is 94.5 cm³/mol. The van der Waals surface area contributed by atoms with E-state index in [-0.39, 0.29) is 28.8 Å². The third-order valence-corrected chi connectivity index (χ3v) is 4.51. The number of hydrogen-bond acceptors (Lipinski definition) is 6. The van der Waals surface area contributed by atoms with Crippen molar-refractivity contribution in [1.29, 1.82) is 5.26 Å². The van der Waals surface area contributed by atoms with Gasteiger partial charge < -0.3 is 24.8 Å². The Morgan fingerprint density at radius 1 is 1.27 bits per heavy atom. The lowest BCUT2D eigenvalue weighted by Crippen LogP contribution is -2.38. The van der Waals surface area contributed by atoms with Gasteiger partial charge in [0.1, 0.15) is 0 Å². The zero-order chi connectivity index (χ0) is 19.1. The molecule has 1 fully saturated rings. The van der Waals surface area contributed by atoms with Crippen LogP contribution in [0.3, 0.4) is 0 Å². The number of rotatable bonds is 7. The van der Waals surface area contributed by atoms with Gasteiger partial charge in [0.2, 0.25) is 5.91 Å². The lowest BCUT2D eigenvalue weighted by Gasteiger charge is -2.30. The zero-order valence-electron chi connectivity index (χ0n) is 14.9. The number of nitrogens with one attached hydrogen (secondary N) is 1. The third-order valence-electron chi connectivity index (χ3n) is 4.51.